The van der Waals surface area contributed by atoms with Crippen LogP contribution < -0.4 is 5.73 Å². The molecule has 16 heavy (non-hydrogen) atoms. The van der Waals surface area contributed by atoms with E-state index in [0.29, 0.717) is 0 Å². The lowest BCUT2D eigenvalue weighted by molar-refractivity contribution is 0.0255. The van der Waals surface area contributed by atoms with Crippen LogP contribution in [0.2, 0.25) is 0 Å². The van der Waals surface area contributed by atoms with Gasteiger partial charge in [0.25, 0.3) is 0 Å². The number of hydrogen-bond donors (Lipinski definition) is 1. The van der Waals surface area contributed by atoms with Crippen molar-refractivity contribution in [1.29, 1.82) is 0 Å². The Labute approximate surface area is 102 Å². The summed E-state index contributed by atoms with van der Waals surface area (Å²) in [6.45, 7) is 15.9. The number of rotatable bonds is 3. The molecule has 1 rings (SSSR count). The lowest BCUT2D eigenvalue weighted by atomic mass is 9.81. The maximum atomic E-state index is 6.55. The first kappa shape index (κ1) is 14.0. The van der Waals surface area contributed by atoms with Gasteiger partial charge in [0, 0.05) is 13.1 Å². The van der Waals surface area contributed by atoms with Crippen LogP contribution in [0.15, 0.2) is 0 Å². The first-order valence-corrected chi connectivity index (χ1v) is 6.74. The zero-order valence-electron chi connectivity index (χ0n) is 12.0. The first-order valence-electron chi connectivity index (χ1n) is 6.74. The minimum Gasteiger partial charge on any atom is -0.313 e. The van der Waals surface area contributed by atoms with Gasteiger partial charge in [-0.2, -0.15) is 0 Å². The van der Waals surface area contributed by atoms with Crippen LogP contribution in [0, 0.1) is 17.3 Å². The van der Waals surface area contributed by atoms with Crippen molar-refractivity contribution < 1.29 is 0 Å². The number of hydrogen-bond acceptors (Lipinski definition) is 2. The molecule has 0 aromatic carbocycles. The highest BCUT2D eigenvalue weighted by Gasteiger charge is 2.43. The van der Waals surface area contributed by atoms with Gasteiger partial charge in [-0.05, 0) is 30.6 Å². The maximum absolute atomic E-state index is 6.55. The third-order valence-corrected chi connectivity index (χ3v) is 4.60. The first-order chi connectivity index (χ1) is 7.20. The normalized spacial score (nSPS) is 31.7. The van der Waals surface area contributed by atoms with Crippen molar-refractivity contribution >= 4 is 0 Å². The molecule has 3 unspecified atom stereocenters. The minimum atomic E-state index is -0.191. The summed E-state index contributed by atoms with van der Waals surface area (Å²) in [7, 11) is 0. The second kappa shape index (κ2) is 4.66. The predicted octanol–water partition coefficient (Wildman–Crippen LogP) is 3.08. The summed E-state index contributed by atoms with van der Waals surface area (Å²) in [6.07, 6.45) is 2.64. The highest BCUT2D eigenvalue weighted by Crippen LogP contribution is 2.37. The highest BCUT2D eigenvalue weighted by molar-refractivity contribution is 4.96. The van der Waals surface area contributed by atoms with Gasteiger partial charge in [-0.1, -0.05) is 41.0 Å². The van der Waals surface area contributed by atoms with Gasteiger partial charge < -0.3 is 5.73 Å². The van der Waals surface area contributed by atoms with E-state index in [2.05, 4.69) is 46.4 Å². The predicted molar refractivity (Wildman–Crippen MR) is 71.2 cm³/mol. The Morgan fingerprint density at radius 3 is 2.19 bits per heavy atom. The molecule has 0 aliphatic carbocycles. The topological polar surface area (TPSA) is 29.3 Å². The largest absolute Gasteiger partial charge is 0.313 e. The van der Waals surface area contributed by atoms with Crippen molar-refractivity contribution in [3.8, 4) is 0 Å². The van der Waals surface area contributed by atoms with E-state index in [4.69, 9.17) is 5.73 Å². The molecule has 1 aliphatic rings. The molecule has 1 heterocycles. The van der Waals surface area contributed by atoms with Gasteiger partial charge in [-0.15, -0.1) is 0 Å². The standard InChI is InChI=1S/C14H30N2/c1-7-8-12-10-16(9-11(12)2)14(6,15)13(3,4)5/h11-12H,7-10,15H2,1-6H3. The van der Waals surface area contributed by atoms with E-state index in [0.717, 1.165) is 18.4 Å². The summed E-state index contributed by atoms with van der Waals surface area (Å²) in [6, 6.07) is 0. The molecule has 0 amide bonds. The third kappa shape index (κ3) is 2.60. The summed E-state index contributed by atoms with van der Waals surface area (Å²) >= 11 is 0. The van der Waals surface area contributed by atoms with Crippen LogP contribution in [0.4, 0.5) is 0 Å². The third-order valence-electron chi connectivity index (χ3n) is 4.60. The quantitative estimate of drug-likeness (QED) is 0.801. The Kier molecular flexibility index (Phi) is 4.07. The monoisotopic (exact) mass is 226 g/mol. The molecule has 2 N–H and O–H groups in total. The van der Waals surface area contributed by atoms with Crippen LogP contribution >= 0.6 is 0 Å². The van der Waals surface area contributed by atoms with E-state index < -0.39 is 0 Å². The van der Waals surface area contributed by atoms with Crippen molar-refractivity contribution in [1.82, 2.24) is 4.90 Å². The van der Waals surface area contributed by atoms with Gasteiger partial charge in [0.15, 0.2) is 0 Å². The van der Waals surface area contributed by atoms with Crippen molar-refractivity contribution in [3.63, 3.8) is 0 Å². The van der Waals surface area contributed by atoms with E-state index in [1.165, 1.54) is 19.4 Å². The molecule has 0 radical (unpaired) electrons. The van der Waals surface area contributed by atoms with E-state index in [-0.39, 0.29) is 11.1 Å². The summed E-state index contributed by atoms with van der Waals surface area (Å²) < 4.78 is 0. The molecule has 0 saturated carbocycles. The Morgan fingerprint density at radius 2 is 1.75 bits per heavy atom. The van der Waals surface area contributed by atoms with Gasteiger partial charge in [-0.3, -0.25) is 4.90 Å². The molecule has 0 aromatic heterocycles. The second-order valence-corrected chi connectivity index (χ2v) is 6.83. The fourth-order valence-corrected chi connectivity index (χ4v) is 2.63. The fraction of sp³-hybridized carbons (Fsp3) is 1.00. The average molecular weight is 226 g/mol. The minimum absolute atomic E-state index is 0.133. The zero-order chi connectivity index (χ0) is 12.6. The highest BCUT2D eigenvalue weighted by atomic mass is 15.3. The lowest BCUT2D eigenvalue weighted by Crippen LogP contribution is -2.61. The molecule has 96 valence electrons. The maximum Gasteiger partial charge on any atom is 0.0708 e. The number of likely N-dealkylation sites (tertiary alicyclic amines) is 1. The Hall–Kier alpha value is -0.0800. The Morgan fingerprint density at radius 1 is 1.19 bits per heavy atom. The van der Waals surface area contributed by atoms with E-state index in [9.17, 15) is 0 Å². The van der Waals surface area contributed by atoms with Crippen LogP contribution in [-0.2, 0) is 0 Å². The molecule has 1 aliphatic heterocycles. The smallest absolute Gasteiger partial charge is 0.0708 e. The molecule has 1 saturated heterocycles. The van der Waals surface area contributed by atoms with Gasteiger partial charge in [0.05, 0.1) is 5.66 Å². The van der Waals surface area contributed by atoms with Crippen molar-refractivity contribution in [2.75, 3.05) is 13.1 Å². The molecule has 1 fully saturated rings. The van der Waals surface area contributed by atoms with E-state index in [1.807, 2.05) is 0 Å². The average Bonchev–Trinajstić information content (AvgIpc) is 2.47. The van der Waals surface area contributed by atoms with E-state index in [1.54, 1.807) is 0 Å². The van der Waals surface area contributed by atoms with Gasteiger partial charge in [-0.25, -0.2) is 0 Å². The zero-order valence-corrected chi connectivity index (χ0v) is 12.0. The number of nitrogens with two attached hydrogens (primary N) is 1. The molecule has 0 aromatic rings. The van der Waals surface area contributed by atoms with Crippen molar-refractivity contribution in [2.45, 2.75) is 60.0 Å². The Bertz CT molecular complexity index is 227. The van der Waals surface area contributed by atoms with Gasteiger partial charge in [0.2, 0.25) is 0 Å². The second-order valence-electron chi connectivity index (χ2n) is 6.83. The van der Waals surface area contributed by atoms with Crippen molar-refractivity contribution in [2.24, 2.45) is 23.0 Å². The molecular weight excluding hydrogens is 196 g/mol. The molecule has 3 atom stereocenters. The SMILES string of the molecule is CCCC1CN(C(C)(N)C(C)(C)C)CC1C. The fourth-order valence-electron chi connectivity index (χ4n) is 2.63. The summed E-state index contributed by atoms with van der Waals surface area (Å²) in [5, 5.41) is 0. The molecule has 2 heteroatoms. The van der Waals surface area contributed by atoms with Crippen LogP contribution in [-0.4, -0.2) is 23.7 Å². The number of nitrogens with zero attached hydrogens (tertiary/aromatic N) is 1. The molecule has 0 spiro atoms. The Balaban J connectivity index is 2.71. The van der Waals surface area contributed by atoms with Crippen LogP contribution in [0.25, 0.3) is 0 Å². The van der Waals surface area contributed by atoms with Gasteiger partial charge >= 0.3 is 0 Å². The molecule has 2 nitrogen and oxygen atoms in total. The van der Waals surface area contributed by atoms with Crippen LogP contribution in [0.1, 0.15) is 54.4 Å². The lowest BCUT2D eigenvalue weighted by Gasteiger charge is -2.46. The summed E-state index contributed by atoms with van der Waals surface area (Å²) in [4.78, 5) is 2.50. The van der Waals surface area contributed by atoms with E-state index >= 15 is 0 Å². The summed E-state index contributed by atoms with van der Waals surface area (Å²) in [5.74, 6) is 1.64. The van der Waals surface area contributed by atoms with Gasteiger partial charge in [0.1, 0.15) is 0 Å². The molecular formula is C14H30N2. The van der Waals surface area contributed by atoms with Crippen LogP contribution in [0.5, 0.6) is 0 Å². The molecule has 0 bridgehead atoms. The van der Waals surface area contributed by atoms with Crippen molar-refractivity contribution in [3.05, 3.63) is 0 Å². The van der Waals surface area contributed by atoms with Crippen LogP contribution in [0.3, 0.4) is 0 Å². The summed E-state index contributed by atoms with van der Waals surface area (Å²) in [5.41, 5.74) is 6.49.